The number of aryl methyl sites for hydroxylation is 2. The fourth-order valence-electron chi connectivity index (χ4n) is 4.15. The number of aromatic nitrogens is 5. The van der Waals surface area contributed by atoms with Crippen LogP contribution in [0.5, 0.6) is 11.5 Å². The first kappa shape index (κ1) is 29.5. The van der Waals surface area contributed by atoms with Gasteiger partial charge in [-0.1, -0.05) is 30.7 Å². The van der Waals surface area contributed by atoms with Crippen LogP contribution in [0.2, 0.25) is 5.02 Å². The second-order valence-corrected chi connectivity index (χ2v) is 9.54. The van der Waals surface area contributed by atoms with Crippen molar-refractivity contribution >= 4 is 29.5 Å². The fraction of sp³-hybridized carbons (Fsp3) is 0.333. The van der Waals surface area contributed by atoms with Gasteiger partial charge in [0.05, 0.1) is 13.3 Å². The molecule has 0 fully saturated rings. The van der Waals surface area contributed by atoms with Crippen LogP contribution < -0.4 is 20.6 Å². The van der Waals surface area contributed by atoms with E-state index in [1.807, 2.05) is 58.0 Å². The minimum absolute atomic E-state index is 0.0289. The number of hydrogen-bond acceptors (Lipinski definition) is 11. The number of anilines is 1. The predicted molar refractivity (Wildman–Crippen MR) is 154 cm³/mol. The summed E-state index contributed by atoms with van der Waals surface area (Å²) in [4.78, 5) is 15.4. The van der Waals surface area contributed by atoms with Crippen LogP contribution in [-0.4, -0.2) is 62.5 Å². The van der Waals surface area contributed by atoms with Gasteiger partial charge < -0.3 is 15.2 Å². The molecule has 3 N–H and O–H groups in total. The fourth-order valence-corrected chi connectivity index (χ4v) is 4.26. The lowest BCUT2D eigenvalue weighted by atomic mass is 10.1. The van der Waals surface area contributed by atoms with E-state index in [-0.39, 0.29) is 23.9 Å². The summed E-state index contributed by atoms with van der Waals surface area (Å²) in [5, 5.41) is 20.5. The molecule has 0 atom stereocenters. The van der Waals surface area contributed by atoms with Crippen molar-refractivity contribution in [2.24, 2.45) is 5.10 Å². The summed E-state index contributed by atoms with van der Waals surface area (Å²) in [7, 11) is 1.59. The van der Waals surface area contributed by atoms with E-state index in [0.29, 0.717) is 29.3 Å². The molecule has 2 aromatic carbocycles. The Kier molecular flexibility index (Phi) is 9.53. The van der Waals surface area contributed by atoms with Crippen LogP contribution in [0.25, 0.3) is 5.82 Å². The highest BCUT2D eigenvalue weighted by Gasteiger charge is 2.25. The van der Waals surface area contributed by atoms with Crippen molar-refractivity contribution in [2.45, 2.75) is 40.8 Å². The number of nitrogens with one attached hydrogen (secondary N) is 1. The Bertz CT molecular complexity index is 1520. The number of carbonyl (C=O) groups excluding carboxylic acids is 1. The van der Waals surface area contributed by atoms with Gasteiger partial charge in [-0.2, -0.15) is 9.78 Å². The molecule has 0 saturated carbocycles. The van der Waals surface area contributed by atoms with Gasteiger partial charge in [0.15, 0.2) is 5.69 Å². The lowest BCUT2D eigenvalue weighted by Crippen LogP contribution is -2.27. The molecule has 0 aliphatic heterocycles. The van der Waals surface area contributed by atoms with Gasteiger partial charge in [-0.15, -0.1) is 5.10 Å². The van der Waals surface area contributed by atoms with E-state index in [4.69, 9.17) is 26.8 Å². The lowest BCUT2D eigenvalue weighted by molar-refractivity contribution is 0.0945. The molecule has 2 aromatic heterocycles. The van der Waals surface area contributed by atoms with Crippen molar-refractivity contribution in [3.05, 3.63) is 69.0 Å². The second-order valence-electron chi connectivity index (χ2n) is 9.16. The second kappa shape index (κ2) is 13.2. The maximum atomic E-state index is 13.3. The summed E-state index contributed by atoms with van der Waals surface area (Å²) >= 11 is 6.28. The van der Waals surface area contributed by atoms with Crippen molar-refractivity contribution in [1.82, 2.24) is 35.6 Å². The number of amides is 1. The smallest absolute Gasteiger partial charge is 0.292 e. The molecule has 4 aromatic rings. The number of nitrogens with zero attached hydrogens (tertiary/aromatic N) is 7. The van der Waals surface area contributed by atoms with Crippen LogP contribution in [0.4, 0.5) is 5.82 Å². The number of hydrazone groups is 1. The van der Waals surface area contributed by atoms with E-state index in [1.54, 1.807) is 7.11 Å². The normalized spacial score (nSPS) is 11.4. The van der Waals surface area contributed by atoms with Crippen molar-refractivity contribution < 1.29 is 18.9 Å². The summed E-state index contributed by atoms with van der Waals surface area (Å²) in [5.41, 5.74) is 12.3. The summed E-state index contributed by atoms with van der Waals surface area (Å²) < 4.78 is 17.4. The third kappa shape index (κ3) is 6.81. The first-order valence-corrected chi connectivity index (χ1v) is 13.3. The molecule has 4 rings (SSSR count). The van der Waals surface area contributed by atoms with Gasteiger partial charge in [-0.25, -0.2) is 10.1 Å². The molecule has 2 heterocycles. The maximum Gasteiger partial charge on any atom is 0.292 e. The van der Waals surface area contributed by atoms with Gasteiger partial charge in [0.1, 0.15) is 23.8 Å². The molecule has 0 aliphatic rings. The van der Waals surface area contributed by atoms with Gasteiger partial charge >= 0.3 is 0 Å². The predicted octanol–water partition coefficient (Wildman–Crippen LogP) is 3.70. The average molecular weight is 582 g/mol. The summed E-state index contributed by atoms with van der Waals surface area (Å²) in [6.45, 7) is 10.1. The molecular weight excluding hydrogens is 550 g/mol. The Labute approximate surface area is 242 Å². The number of rotatable bonds is 12. The topological polar surface area (TPSA) is 159 Å². The number of ether oxygens (including phenoxy) is 2. The van der Waals surface area contributed by atoms with Crippen LogP contribution in [0.3, 0.4) is 0 Å². The molecule has 0 radical (unpaired) electrons. The molecule has 0 spiro atoms. The average Bonchev–Trinajstić information content (AvgIpc) is 3.58. The molecule has 41 heavy (non-hydrogen) atoms. The molecule has 0 aliphatic carbocycles. The van der Waals surface area contributed by atoms with Gasteiger partial charge in [0.2, 0.25) is 11.6 Å². The zero-order valence-corrected chi connectivity index (χ0v) is 24.3. The molecule has 13 nitrogen and oxygen atoms in total. The van der Waals surface area contributed by atoms with E-state index in [0.717, 1.165) is 34.8 Å². The molecular formula is C27H32ClN9O4. The van der Waals surface area contributed by atoms with Crippen LogP contribution in [-0.2, 0) is 13.2 Å². The molecule has 0 saturated heterocycles. The van der Waals surface area contributed by atoms with Gasteiger partial charge in [-0.05, 0) is 84.3 Å². The van der Waals surface area contributed by atoms with E-state index < -0.39 is 5.91 Å². The standard InChI is InChI=1S/C27H32ClN9O4/c1-6-36(7-2)14-21-24(37(35-31-21)26-25(29)33-41-34-26)27(38)32-30-13-18-8-9-22(39-5)19(12-18)15-40-20-10-16(3)23(28)17(4)11-20/h8-13H,6-7,14-15H2,1-5H3,(H2,29,33)(H,32,38)/b30-13+. The molecule has 14 heteroatoms. The Morgan fingerprint density at radius 3 is 2.56 bits per heavy atom. The summed E-state index contributed by atoms with van der Waals surface area (Å²) in [6, 6.07) is 9.26. The third-order valence-corrected chi connectivity index (χ3v) is 7.00. The maximum absolute atomic E-state index is 13.3. The Balaban J connectivity index is 1.53. The monoisotopic (exact) mass is 581 g/mol. The SMILES string of the molecule is CCN(CC)Cc1nnn(-c2nonc2N)c1C(=O)N/N=C/c1ccc(OC)c(COc2cc(C)c(Cl)c(C)c2)c1. The van der Waals surface area contributed by atoms with Crippen LogP contribution in [0.1, 0.15) is 52.3 Å². The highest BCUT2D eigenvalue weighted by Crippen LogP contribution is 2.28. The number of benzene rings is 2. The first-order valence-electron chi connectivity index (χ1n) is 12.9. The van der Waals surface area contributed by atoms with E-state index in [9.17, 15) is 4.79 Å². The number of nitrogens with two attached hydrogens (primary N) is 1. The van der Waals surface area contributed by atoms with E-state index >= 15 is 0 Å². The first-order chi connectivity index (χ1) is 19.7. The zero-order chi connectivity index (χ0) is 29.5. The number of methoxy groups -OCH3 is 1. The highest BCUT2D eigenvalue weighted by atomic mass is 35.5. The highest BCUT2D eigenvalue weighted by molar-refractivity contribution is 6.32. The molecule has 1 amide bonds. The van der Waals surface area contributed by atoms with E-state index in [1.165, 1.54) is 10.9 Å². The van der Waals surface area contributed by atoms with Gasteiger partial charge in [0, 0.05) is 17.1 Å². The van der Waals surface area contributed by atoms with Gasteiger partial charge in [-0.3, -0.25) is 9.69 Å². The van der Waals surface area contributed by atoms with Crippen LogP contribution in [0, 0.1) is 13.8 Å². The Morgan fingerprint density at radius 1 is 1.20 bits per heavy atom. The third-order valence-electron chi connectivity index (χ3n) is 6.41. The number of hydrogen-bond donors (Lipinski definition) is 2. The van der Waals surface area contributed by atoms with Crippen molar-refractivity contribution in [1.29, 1.82) is 0 Å². The number of halogens is 1. The van der Waals surface area contributed by atoms with E-state index in [2.05, 4.69) is 40.7 Å². The van der Waals surface area contributed by atoms with Crippen molar-refractivity contribution in [3.8, 4) is 17.3 Å². The van der Waals surface area contributed by atoms with Crippen LogP contribution in [0.15, 0.2) is 40.1 Å². The molecule has 0 unspecified atom stereocenters. The van der Waals surface area contributed by atoms with Crippen molar-refractivity contribution in [2.75, 3.05) is 25.9 Å². The van der Waals surface area contributed by atoms with Gasteiger partial charge in [0.25, 0.3) is 5.91 Å². The summed E-state index contributed by atoms with van der Waals surface area (Å²) in [6.07, 6.45) is 1.52. The Hall–Kier alpha value is -4.49. The number of nitrogen functional groups attached to an aromatic ring is 1. The number of carbonyl (C=O) groups is 1. The quantitative estimate of drug-likeness (QED) is 0.186. The summed E-state index contributed by atoms with van der Waals surface area (Å²) in [5.74, 6) is 0.832. The zero-order valence-electron chi connectivity index (χ0n) is 23.5. The minimum Gasteiger partial charge on any atom is -0.496 e. The largest absolute Gasteiger partial charge is 0.496 e. The lowest BCUT2D eigenvalue weighted by Gasteiger charge is -2.16. The minimum atomic E-state index is -0.554. The molecule has 0 bridgehead atoms. The Morgan fingerprint density at radius 2 is 1.93 bits per heavy atom. The van der Waals surface area contributed by atoms with Crippen LogP contribution >= 0.6 is 11.6 Å². The molecule has 216 valence electrons. The van der Waals surface area contributed by atoms with Crippen molar-refractivity contribution in [3.63, 3.8) is 0 Å².